The molecule has 9 heteroatoms. The lowest BCUT2D eigenvalue weighted by atomic mass is 10.1. The number of alkyl halides is 3. The van der Waals surface area contributed by atoms with Crippen molar-refractivity contribution in [2.75, 3.05) is 18.3 Å². The highest BCUT2D eigenvalue weighted by atomic mass is 32.2. The molecular weight excluding hydrogens is 353 g/mol. The number of ether oxygens (including phenoxy) is 1. The number of halogens is 3. The van der Waals surface area contributed by atoms with Gasteiger partial charge in [0.1, 0.15) is 0 Å². The molecule has 0 aliphatic heterocycles. The van der Waals surface area contributed by atoms with Crippen LogP contribution in [-0.2, 0) is 6.18 Å². The van der Waals surface area contributed by atoms with Gasteiger partial charge in [-0.1, -0.05) is 23.9 Å². The zero-order chi connectivity index (χ0) is 18.4. The van der Waals surface area contributed by atoms with Crippen LogP contribution in [0.2, 0.25) is 0 Å². The number of thioether (sulfide) groups is 1. The molecule has 0 bridgehead atoms. The molecule has 0 radical (unpaired) electrons. The molecule has 0 aliphatic rings. The molecule has 0 saturated heterocycles. The van der Waals surface area contributed by atoms with Gasteiger partial charge in [0.05, 0.1) is 17.9 Å². The van der Waals surface area contributed by atoms with Gasteiger partial charge in [-0.2, -0.15) is 23.3 Å². The van der Waals surface area contributed by atoms with Crippen molar-refractivity contribution in [3.05, 3.63) is 41.5 Å². The van der Waals surface area contributed by atoms with Gasteiger partial charge in [-0.3, -0.25) is 5.43 Å². The van der Waals surface area contributed by atoms with Gasteiger partial charge >= 0.3 is 6.18 Å². The average Bonchev–Trinajstić information content (AvgIpc) is 2.59. The van der Waals surface area contributed by atoms with Gasteiger partial charge in [0.15, 0.2) is 11.0 Å². The van der Waals surface area contributed by atoms with E-state index >= 15 is 0 Å². The summed E-state index contributed by atoms with van der Waals surface area (Å²) in [7, 11) is 0. The number of aromatic nitrogens is 2. The van der Waals surface area contributed by atoms with Crippen LogP contribution in [0, 0.1) is 0 Å². The summed E-state index contributed by atoms with van der Waals surface area (Å²) in [5.41, 5.74) is 2.78. The first-order valence-corrected chi connectivity index (χ1v) is 8.59. The van der Waals surface area contributed by atoms with Gasteiger partial charge < -0.3 is 4.74 Å². The molecule has 0 fully saturated rings. The molecule has 1 aromatic heterocycles. The SMILES string of the molecule is CCOc1cc(NN=C(C)c2cccc(C(F)(F)F)c2)nc(SC)n1. The molecule has 1 heterocycles. The molecule has 0 unspecified atom stereocenters. The highest BCUT2D eigenvalue weighted by Gasteiger charge is 2.30. The maximum atomic E-state index is 12.8. The van der Waals surface area contributed by atoms with Crippen LogP contribution in [0.4, 0.5) is 19.0 Å². The Morgan fingerprint density at radius 3 is 2.68 bits per heavy atom. The molecule has 134 valence electrons. The van der Waals surface area contributed by atoms with Crippen LogP contribution in [0.3, 0.4) is 0 Å². The van der Waals surface area contributed by atoms with Gasteiger partial charge in [-0.15, -0.1) is 0 Å². The van der Waals surface area contributed by atoms with E-state index in [1.807, 2.05) is 13.2 Å². The number of nitrogens with zero attached hydrogens (tertiary/aromatic N) is 3. The van der Waals surface area contributed by atoms with E-state index in [1.54, 1.807) is 19.1 Å². The van der Waals surface area contributed by atoms with Crippen LogP contribution in [0.5, 0.6) is 5.88 Å². The van der Waals surface area contributed by atoms with E-state index in [9.17, 15) is 13.2 Å². The Morgan fingerprint density at radius 2 is 2.04 bits per heavy atom. The molecule has 0 spiro atoms. The number of anilines is 1. The molecule has 0 saturated carbocycles. The molecule has 25 heavy (non-hydrogen) atoms. The molecule has 5 nitrogen and oxygen atoms in total. The topological polar surface area (TPSA) is 59.4 Å². The van der Waals surface area contributed by atoms with Crippen molar-refractivity contribution in [3.63, 3.8) is 0 Å². The largest absolute Gasteiger partial charge is 0.478 e. The summed E-state index contributed by atoms with van der Waals surface area (Å²) >= 11 is 1.34. The van der Waals surface area contributed by atoms with Crippen molar-refractivity contribution in [2.45, 2.75) is 25.2 Å². The minimum absolute atomic E-state index is 0.367. The van der Waals surface area contributed by atoms with Crippen molar-refractivity contribution < 1.29 is 17.9 Å². The molecule has 2 aromatic rings. The Labute approximate surface area is 147 Å². The quantitative estimate of drug-likeness (QED) is 0.352. The van der Waals surface area contributed by atoms with Crippen molar-refractivity contribution >= 4 is 23.3 Å². The van der Waals surface area contributed by atoms with E-state index in [-0.39, 0.29) is 0 Å². The molecule has 1 N–H and O–H groups in total. The van der Waals surface area contributed by atoms with Gasteiger partial charge in [0.2, 0.25) is 5.88 Å². The standard InChI is InChI=1S/C16H17F3N4OS/c1-4-24-14-9-13(20-15(21-14)25-3)23-22-10(2)11-6-5-7-12(8-11)16(17,18)19/h5-9H,4H2,1-3H3,(H,20,21,23). The monoisotopic (exact) mass is 370 g/mol. The fraction of sp³-hybridized carbons (Fsp3) is 0.312. The zero-order valence-electron chi connectivity index (χ0n) is 13.9. The van der Waals surface area contributed by atoms with Gasteiger partial charge in [0.25, 0.3) is 0 Å². The lowest BCUT2D eigenvalue weighted by Gasteiger charge is -2.09. The third-order valence-electron chi connectivity index (χ3n) is 3.10. The second-order valence-electron chi connectivity index (χ2n) is 4.90. The van der Waals surface area contributed by atoms with E-state index in [2.05, 4.69) is 20.5 Å². The number of benzene rings is 1. The number of hydrazone groups is 1. The highest BCUT2D eigenvalue weighted by molar-refractivity contribution is 7.98. The van der Waals surface area contributed by atoms with E-state index in [1.165, 1.54) is 17.8 Å². The summed E-state index contributed by atoms with van der Waals surface area (Å²) in [5.74, 6) is 0.797. The fourth-order valence-corrected chi connectivity index (χ4v) is 2.27. The lowest BCUT2D eigenvalue weighted by Crippen LogP contribution is -2.08. The van der Waals surface area contributed by atoms with Gasteiger partial charge in [0, 0.05) is 6.07 Å². The predicted octanol–water partition coefficient (Wildman–Crippen LogP) is 4.45. The molecular formula is C16H17F3N4OS. The van der Waals surface area contributed by atoms with Crippen LogP contribution in [0.15, 0.2) is 40.6 Å². The van der Waals surface area contributed by atoms with Crippen molar-refractivity contribution in [3.8, 4) is 5.88 Å². The number of hydrogen-bond acceptors (Lipinski definition) is 6. The maximum Gasteiger partial charge on any atom is 0.416 e. The minimum atomic E-state index is -4.39. The van der Waals surface area contributed by atoms with Crippen LogP contribution >= 0.6 is 11.8 Å². The molecule has 0 amide bonds. The third-order valence-corrected chi connectivity index (χ3v) is 3.65. The van der Waals surface area contributed by atoms with Crippen molar-refractivity contribution in [2.24, 2.45) is 5.10 Å². The Balaban J connectivity index is 2.22. The van der Waals surface area contributed by atoms with Crippen LogP contribution in [0.25, 0.3) is 0 Å². The molecule has 1 aromatic carbocycles. The van der Waals surface area contributed by atoms with Gasteiger partial charge in [-0.05, 0) is 37.8 Å². The molecule has 0 aliphatic carbocycles. The summed E-state index contributed by atoms with van der Waals surface area (Å²) < 4.78 is 43.7. The maximum absolute atomic E-state index is 12.8. The minimum Gasteiger partial charge on any atom is -0.478 e. The van der Waals surface area contributed by atoms with E-state index < -0.39 is 11.7 Å². The average molecular weight is 370 g/mol. The molecule has 0 atom stereocenters. The third kappa shape index (κ3) is 5.35. The lowest BCUT2D eigenvalue weighted by molar-refractivity contribution is -0.137. The van der Waals surface area contributed by atoms with Crippen LogP contribution in [0.1, 0.15) is 25.0 Å². The Bertz CT molecular complexity index is 765. The summed E-state index contributed by atoms with van der Waals surface area (Å²) in [6.45, 7) is 3.91. The summed E-state index contributed by atoms with van der Waals surface area (Å²) in [6.07, 6.45) is -2.57. The summed E-state index contributed by atoms with van der Waals surface area (Å²) in [6, 6.07) is 6.56. The fourth-order valence-electron chi connectivity index (χ4n) is 1.90. The first-order chi connectivity index (χ1) is 11.8. The Morgan fingerprint density at radius 1 is 1.28 bits per heavy atom. The number of hydrogen-bond donors (Lipinski definition) is 1. The Hall–Kier alpha value is -2.29. The van der Waals surface area contributed by atoms with Gasteiger partial charge in [-0.25, -0.2) is 4.98 Å². The zero-order valence-corrected chi connectivity index (χ0v) is 14.7. The Kier molecular flexibility index (Phi) is 6.24. The number of rotatable bonds is 6. The summed E-state index contributed by atoms with van der Waals surface area (Å²) in [5, 5.41) is 4.61. The first kappa shape index (κ1) is 19.0. The van der Waals surface area contributed by atoms with E-state index in [0.29, 0.717) is 34.7 Å². The second kappa shape index (κ2) is 8.19. The smallest absolute Gasteiger partial charge is 0.416 e. The molecule has 2 rings (SSSR count). The first-order valence-electron chi connectivity index (χ1n) is 7.37. The normalized spacial score (nSPS) is 12.2. The van der Waals surface area contributed by atoms with E-state index in [4.69, 9.17) is 4.74 Å². The predicted molar refractivity (Wildman–Crippen MR) is 92.3 cm³/mol. The summed E-state index contributed by atoms with van der Waals surface area (Å²) in [4.78, 5) is 8.41. The van der Waals surface area contributed by atoms with Crippen LogP contribution in [-0.4, -0.2) is 28.5 Å². The van der Waals surface area contributed by atoms with Crippen molar-refractivity contribution in [1.29, 1.82) is 0 Å². The van der Waals surface area contributed by atoms with Crippen LogP contribution < -0.4 is 10.2 Å². The van der Waals surface area contributed by atoms with Crippen molar-refractivity contribution in [1.82, 2.24) is 9.97 Å². The number of nitrogens with one attached hydrogen (secondary N) is 1. The highest BCUT2D eigenvalue weighted by Crippen LogP contribution is 2.29. The van der Waals surface area contributed by atoms with E-state index in [0.717, 1.165) is 12.1 Å². The second-order valence-corrected chi connectivity index (χ2v) is 5.67.